The quantitative estimate of drug-likeness (QED) is 0.0330. The van der Waals surface area contributed by atoms with E-state index in [0.29, 0.717) is 83.5 Å². The van der Waals surface area contributed by atoms with Crippen molar-refractivity contribution in [2.75, 3.05) is 63.6 Å². The minimum atomic E-state index is -4.14. The number of hydrogen-bond acceptors (Lipinski definition) is 13. The van der Waals surface area contributed by atoms with Gasteiger partial charge in [0.1, 0.15) is 17.6 Å². The van der Waals surface area contributed by atoms with Gasteiger partial charge in [-0.2, -0.15) is 25.3 Å². The third-order valence-electron chi connectivity index (χ3n) is 15.5. The van der Waals surface area contributed by atoms with Gasteiger partial charge in [0.05, 0.1) is 18.3 Å². The van der Waals surface area contributed by atoms with Gasteiger partial charge in [-0.15, -0.1) is 0 Å². The van der Waals surface area contributed by atoms with Crippen molar-refractivity contribution >= 4 is 36.3 Å². The van der Waals surface area contributed by atoms with Crippen LogP contribution in [0.25, 0.3) is 0 Å². The number of unbranched alkanes of at least 4 members (excludes halogenated alkanes) is 5. The molecule has 0 saturated heterocycles. The molecule has 4 rings (SSSR count). The van der Waals surface area contributed by atoms with Gasteiger partial charge in [-0.25, -0.2) is 0 Å². The molecule has 64 heavy (non-hydrogen) atoms. The molecule has 376 valence electrons. The molecule has 11 atom stereocenters. The summed E-state index contributed by atoms with van der Waals surface area (Å²) in [5.74, 6) is 0.263. The second-order valence-electron chi connectivity index (χ2n) is 19.9. The Balaban J connectivity index is 1.52. The standard InChI is InChI=1S/C44H84N4O13S3/c1-5-6-7-8-9-10-23-48-41(49)17-14-33(2)36-15-16-37-42-38(29-40(44(36,37)4)61-26-13-22-47-32-64(56,57)58)43(3)19-18-35(59-24-11-20-45-30-62(50,51)52)27-34(43)28-39(42)60-25-12-21-46-31-63(53,54)55/h33-40,42,45-47H,5-32H2,1-4H3,(H,48,49)(H,50,51,52)(H,53,54,55)(H,56,57,58)/t33-,34?,35-,36?,37+,38+,39-,40+,42?,43?,44?/m1/s1. The van der Waals surface area contributed by atoms with Gasteiger partial charge in [-0.3, -0.25) is 18.5 Å². The average molecular weight is 973 g/mol. The van der Waals surface area contributed by atoms with E-state index in [1.54, 1.807) is 0 Å². The molecule has 0 aromatic carbocycles. The van der Waals surface area contributed by atoms with E-state index in [1.807, 2.05) is 0 Å². The fourth-order valence-electron chi connectivity index (χ4n) is 12.3. The molecule has 5 unspecified atom stereocenters. The Morgan fingerprint density at radius 1 is 0.672 bits per heavy atom. The van der Waals surface area contributed by atoms with E-state index in [2.05, 4.69) is 49.0 Å². The minimum absolute atomic E-state index is 0.0176. The topological polar surface area (TPSA) is 256 Å². The van der Waals surface area contributed by atoms with Gasteiger partial charge in [-0.05, 0) is 138 Å². The maximum absolute atomic E-state index is 13.1. The molecule has 17 nitrogen and oxygen atoms in total. The third-order valence-corrected chi connectivity index (χ3v) is 17.2. The van der Waals surface area contributed by atoms with E-state index in [0.717, 1.165) is 64.2 Å². The number of carbonyl (C=O) groups excluding carboxylic acids is 1. The van der Waals surface area contributed by atoms with E-state index >= 15 is 0 Å². The Morgan fingerprint density at radius 2 is 1.23 bits per heavy atom. The molecule has 4 aliphatic rings. The van der Waals surface area contributed by atoms with Crippen LogP contribution in [-0.4, -0.2) is 127 Å². The van der Waals surface area contributed by atoms with Crippen LogP contribution in [0.5, 0.6) is 0 Å². The molecule has 1 amide bonds. The highest BCUT2D eigenvalue weighted by atomic mass is 32.2. The lowest BCUT2D eigenvalue weighted by Crippen LogP contribution is -2.63. The number of rotatable bonds is 32. The van der Waals surface area contributed by atoms with Crippen molar-refractivity contribution in [3.05, 3.63) is 0 Å². The maximum Gasteiger partial charge on any atom is 0.278 e. The number of amides is 1. The predicted octanol–water partition coefficient (Wildman–Crippen LogP) is 5.39. The summed E-state index contributed by atoms with van der Waals surface area (Å²) in [5, 5.41) is 11.5. The molecule has 7 N–H and O–H groups in total. The van der Waals surface area contributed by atoms with Crippen molar-refractivity contribution < 1.29 is 57.9 Å². The normalized spacial score (nSPS) is 31.2. The number of fused-ring (bicyclic) bond motifs is 5. The van der Waals surface area contributed by atoms with Gasteiger partial charge in [0.2, 0.25) is 5.91 Å². The zero-order chi connectivity index (χ0) is 47.0. The second-order valence-corrected chi connectivity index (χ2v) is 24.3. The molecular weight excluding hydrogens is 889 g/mol. The van der Waals surface area contributed by atoms with Crippen LogP contribution in [0.2, 0.25) is 0 Å². The van der Waals surface area contributed by atoms with Crippen LogP contribution < -0.4 is 21.3 Å². The van der Waals surface area contributed by atoms with Gasteiger partial charge in [-0.1, -0.05) is 59.8 Å². The molecule has 0 aromatic rings. The van der Waals surface area contributed by atoms with Crippen LogP contribution in [0.15, 0.2) is 0 Å². The molecule has 0 radical (unpaired) electrons. The highest BCUT2D eigenvalue weighted by Crippen LogP contribution is 2.69. The predicted molar refractivity (Wildman–Crippen MR) is 247 cm³/mol. The smallest absolute Gasteiger partial charge is 0.278 e. The van der Waals surface area contributed by atoms with Crippen LogP contribution in [0.1, 0.15) is 143 Å². The molecule has 20 heteroatoms. The summed E-state index contributed by atoms with van der Waals surface area (Å²) in [6.07, 6.45) is 16.4. The van der Waals surface area contributed by atoms with Crippen molar-refractivity contribution in [2.45, 2.75) is 162 Å². The first-order valence-corrected chi connectivity index (χ1v) is 29.1. The van der Waals surface area contributed by atoms with Crippen molar-refractivity contribution in [2.24, 2.45) is 46.3 Å². The van der Waals surface area contributed by atoms with E-state index < -0.39 is 48.0 Å². The van der Waals surface area contributed by atoms with Gasteiger partial charge in [0.25, 0.3) is 30.4 Å². The Morgan fingerprint density at radius 3 is 1.83 bits per heavy atom. The maximum atomic E-state index is 13.1. The molecule has 0 aromatic heterocycles. The van der Waals surface area contributed by atoms with Gasteiger partial charge < -0.3 is 35.5 Å². The Bertz CT molecular complexity index is 1740. The Hall–Kier alpha value is -1.04. The van der Waals surface area contributed by atoms with Gasteiger partial charge in [0.15, 0.2) is 0 Å². The molecule has 4 aliphatic carbocycles. The average Bonchev–Trinajstić information content (AvgIpc) is 3.57. The van der Waals surface area contributed by atoms with Crippen LogP contribution in [-0.2, 0) is 49.4 Å². The molecule has 0 spiro atoms. The summed E-state index contributed by atoms with van der Waals surface area (Å²) in [7, 11) is -12.4. The lowest BCUT2D eigenvalue weighted by molar-refractivity contribution is -0.227. The molecule has 0 heterocycles. The molecule has 4 fully saturated rings. The lowest BCUT2D eigenvalue weighted by atomic mass is 9.43. The molecule has 0 aliphatic heterocycles. The number of carbonyl (C=O) groups is 1. The fraction of sp³-hybridized carbons (Fsp3) is 0.977. The molecule has 4 saturated carbocycles. The third kappa shape index (κ3) is 17.5. The summed E-state index contributed by atoms with van der Waals surface area (Å²) in [4.78, 5) is 13.1. The van der Waals surface area contributed by atoms with Crippen LogP contribution in [0.4, 0.5) is 0 Å². The summed E-state index contributed by atoms with van der Waals surface area (Å²) in [6.45, 7) is 12.5. The SMILES string of the molecule is CCCCCCCCNC(=O)CC[C@@H](C)C1CC[C@H]2C3[C@H](OCCCNCS(=O)(=O)O)CC4C[C@H](OCCCNCS(=O)(=O)O)CCC4(C)[C@H]3C[C@H](OCCCNCS(=O)(=O)O)C12C. The summed E-state index contributed by atoms with van der Waals surface area (Å²) >= 11 is 0. The van der Waals surface area contributed by atoms with Crippen molar-refractivity contribution in [1.82, 2.24) is 21.3 Å². The largest absolute Gasteiger partial charge is 0.378 e. The summed E-state index contributed by atoms with van der Waals surface area (Å²) in [6, 6.07) is 0. The van der Waals surface area contributed by atoms with E-state index in [-0.39, 0.29) is 58.7 Å². The highest BCUT2D eigenvalue weighted by Gasteiger charge is 2.66. The van der Waals surface area contributed by atoms with Crippen molar-refractivity contribution in [3.63, 3.8) is 0 Å². The fourth-order valence-corrected chi connectivity index (χ4v) is 13.5. The zero-order valence-corrected chi connectivity index (χ0v) is 41.6. The van der Waals surface area contributed by atoms with Gasteiger partial charge >= 0.3 is 0 Å². The van der Waals surface area contributed by atoms with Gasteiger partial charge in [0, 0.05) is 38.2 Å². The van der Waals surface area contributed by atoms with Crippen molar-refractivity contribution in [3.8, 4) is 0 Å². The second kappa shape index (κ2) is 26.1. The van der Waals surface area contributed by atoms with E-state index in [9.17, 15) is 39.2 Å². The lowest BCUT2D eigenvalue weighted by Gasteiger charge is -2.65. The number of nitrogens with one attached hydrogen (secondary N) is 4. The van der Waals surface area contributed by atoms with Crippen LogP contribution in [0, 0.1) is 46.3 Å². The highest BCUT2D eigenvalue weighted by molar-refractivity contribution is 7.86. The monoisotopic (exact) mass is 973 g/mol. The molecule has 0 bridgehead atoms. The first-order chi connectivity index (χ1) is 30.2. The number of ether oxygens (including phenoxy) is 3. The molecular formula is C44H84N4O13S3. The van der Waals surface area contributed by atoms with Crippen LogP contribution >= 0.6 is 0 Å². The van der Waals surface area contributed by atoms with E-state index in [1.165, 1.54) is 25.7 Å². The van der Waals surface area contributed by atoms with Crippen molar-refractivity contribution in [1.29, 1.82) is 0 Å². The number of hydrogen-bond donors (Lipinski definition) is 7. The summed E-state index contributed by atoms with van der Waals surface area (Å²) in [5.41, 5.74) is -0.237. The first kappa shape index (κ1) is 55.6. The Kier molecular flexibility index (Phi) is 22.6. The Labute approximate surface area is 385 Å². The minimum Gasteiger partial charge on any atom is -0.378 e. The van der Waals surface area contributed by atoms with Crippen LogP contribution in [0.3, 0.4) is 0 Å². The summed E-state index contributed by atoms with van der Waals surface area (Å²) < 4.78 is 115. The van der Waals surface area contributed by atoms with E-state index in [4.69, 9.17) is 18.8 Å². The zero-order valence-electron chi connectivity index (χ0n) is 39.1. The first-order valence-electron chi connectivity index (χ1n) is 24.3.